The van der Waals surface area contributed by atoms with Crippen LogP contribution < -0.4 is 14.2 Å². The Hall–Kier alpha value is -2.27. The topological polar surface area (TPSA) is 61.9 Å². The van der Waals surface area contributed by atoms with Gasteiger partial charge in [-0.3, -0.25) is 4.90 Å². The minimum Gasteiger partial charge on any atom is -0.493 e. The molecule has 1 aromatic heterocycles. The van der Waals surface area contributed by atoms with Crippen molar-refractivity contribution < 1.29 is 31.8 Å². The summed E-state index contributed by atoms with van der Waals surface area (Å²) in [5.41, 5.74) is 0.538. The summed E-state index contributed by atoms with van der Waals surface area (Å²) in [5.74, 6) is 0.122. The van der Waals surface area contributed by atoms with Gasteiger partial charge >= 0.3 is 6.18 Å². The van der Waals surface area contributed by atoms with E-state index in [1.54, 1.807) is 17.0 Å². The van der Waals surface area contributed by atoms with Crippen LogP contribution in [0.2, 0.25) is 0 Å². The quantitative estimate of drug-likeness (QED) is 0.635. The van der Waals surface area contributed by atoms with Crippen LogP contribution in [0.3, 0.4) is 0 Å². The highest BCUT2D eigenvalue weighted by Gasteiger charge is 2.41. The van der Waals surface area contributed by atoms with Gasteiger partial charge in [0.15, 0.2) is 11.5 Å². The summed E-state index contributed by atoms with van der Waals surface area (Å²) < 4.78 is 62.0. The number of alkyl halides is 3. The normalized spacial score (nSPS) is 17.9. The van der Waals surface area contributed by atoms with Crippen LogP contribution in [0, 0.1) is 10.8 Å². The summed E-state index contributed by atoms with van der Waals surface area (Å²) in [6.07, 6.45) is -3.60. The third kappa shape index (κ3) is 4.67. The molecule has 29 heavy (non-hydrogen) atoms. The predicted molar refractivity (Wildman–Crippen MR) is 101 cm³/mol. The van der Waals surface area contributed by atoms with Gasteiger partial charge in [0.2, 0.25) is 11.6 Å². The standard InChI is InChI=1S/C18H22F3N3O4S/c1-25-13-7-11(8-14(26-2)15(13)27-3)16-22-24(17(29)28-16)10-23-6-4-5-12(9-23)18(19,20)21/h7-8,12H,4-6,9-10H2,1-3H3. The molecule has 0 N–H and O–H groups in total. The third-order valence-electron chi connectivity index (χ3n) is 4.82. The molecule has 2 aromatic rings. The molecule has 160 valence electrons. The van der Waals surface area contributed by atoms with Crippen LogP contribution in [0.15, 0.2) is 16.5 Å². The highest BCUT2D eigenvalue weighted by Crippen LogP contribution is 2.41. The number of likely N-dealkylation sites (tertiary alicyclic amines) is 1. The molecule has 11 heteroatoms. The van der Waals surface area contributed by atoms with E-state index in [1.807, 2.05) is 0 Å². The monoisotopic (exact) mass is 433 g/mol. The molecule has 1 aliphatic heterocycles. The predicted octanol–water partition coefficient (Wildman–Crippen LogP) is 4.13. The second-order valence-corrected chi connectivity index (χ2v) is 7.04. The first-order valence-corrected chi connectivity index (χ1v) is 9.35. The second kappa shape index (κ2) is 8.62. The maximum Gasteiger partial charge on any atom is 0.393 e. The number of methoxy groups -OCH3 is 3. The van der Waals surface area contributed by atoms with Crippen LogP contribution in [-0.4, -0.2) is 55.3 Å². The minimum absolute atomic E-state index is 0.0721. The van der Waals surface area contributed by atoms with Gasteiger partial charge in [0.05, 0.1) is 33.9 Å². The first-order valence-electron chi connectivity index (χ1n) is 8.94. The van der Waals surface area contributed by atoms with Gasteiger partial charge in [0.1, 0.15) is 0 Å². The van der Waals surface area contributed by atoms with E-state index in [0.29, 0.717) is 35.8 Å². The number of nitrogens with zero attached hydrogens (tertiary/aromatic N) is 3. The lowest BCUT2D eigenvalue weighted by Gasteiger charge is -2.33. The molecule has 1 fully saturated rings. The lowest BCUT2D eigenvalue weighted by molar-refractivity contribution is -0.188. The van der Waals surface area contributed by atoms with Gasteiger partial charge < -0.3 is 18.6 Å². The van der Waals surface area contributed by atoms with E-state index in [9.17, 15) is 13.2 Å². The van der Waals surface area contributed by atoms with Crippen LogP contribution in [-0.2, 0) is 6.67 Å². The largest absolute Gasteiger partial charge is 0.493 e. The lowest BCUT2D eigenvalue weighted by Crippen LogP contribution is -2.42. The van der Waals surface area contributed by atoms with Crippen molar-refractivity contribution in [1.82, 2.24) is 14.7 Å². The summed E-state index contributed by atoms with van der Waals surface area (Å²) in [4.78, 5) is 1.75. The van der Waals surface area contributed by atoms with Crippen molar-refractivity contribution in [1.29, 1.82) is 0 Å². The van der Waals surface area contributed by atoms with E-state index >= 15 is 0 Å². The molecule has 3 rings (SSSR count). The van der Waals surface area contributed by atoms with Crippen molar-refractivity contribution in [3.63, 3.8) is 0 Å². The Morgan fingerprint density at radius 3 is 2.38 bits per heavy atom. The summed E-state index contributed by atoms with van der Waals surface area (Å²) >= 11 is 5.21. The van der Waals surface area contributed by atoms with Crippen LogP contribution in [0.4, 0.5) is 13.2 Å². The smallest absolute Gasteiger partial charge is 0.393 e. The highest BCUT2D eigenvalue weighted by molar-refractivity contribution is 7.71. The van der Waals surface area contributed by atoms with Crippen molar-refractivity contribution >= 4 is 12.2 Å². The molecule has 0 amide bonds. The molecular formula is C18H22F3N3O4S. The van der Waals surface area contributed by atoms with Crippen molar-refractivity contribution in [2.75, 3.05) is 34.4 Å². The fraction of sp³-hybridized carbons (Fsp3) is 0.556. The van der Waals surface area contributed by atoms with Gasteiger partial charge in [-0.25, -0.2) is 4.68 Å². The Kier molecular flexibility index (Phi) is 6.37. The number of hydrogen-bond acceptors (Lipinski definition) is 7. The number of ether oxygens (including phenoxy) is 3. The van der Waals surface area contributed by atoms with E-state index in [0.717, 1.165) is 0 Å². The first kappa shape index (κ1) is 21.4. The van der Waals surface area contributed by atoms with E-state index in [4.69, 9.17) is 30.8 Å². The van der Waals surface area contributed by atoms with E-state index < -0.39 is 12.1 Å². The molecule has 2 heterocycles. The van der Waals surface area contributed by atoms with E-state index in [-0.39, 0.29) is 30.4 Å². The van der Waals surface area contributed by atoms with Crippen molar-refractivity contribution in [2.45, 2.75) is 25.7 Å². The highest BCUT2D eigenvalue weighted by atomic mass is 32.1. The SMILES string of the molecule is COc1cc(-c2nn(CN3CCCC(C(F)(F)F)C3)c(=S)o2)cc(OC)c1OC. The maximum atomic E-state index is 13.0. The van der Waals surface area contributed by atoms with Crippen molar-refractivity contribution in [3.05, 3.63) is 17.0 Å². The lowest BCUT2D eigenvalue weighted by atomic mass is 9.98. The molecule has 0 bridgehead atoms. The molecular weight excluding hydrogens is 411 g/mol. The Bertz CT molecular complexity index is 887. The summed E-state index contributed by atoms with van der Waals surface area (Å²) in [6.45, 7) is 0.581. The Morgan fingerprint density at radius 1 is 1.17 bits per heavy atom. The number of benzene rings is 1. The zero-order chi connectivity index (χ0) is 21.2. The van der Waals surface area contributed by atoms with Crippen LogP contribution in [0.25, 0.3) is 11.5 Å². The number of aromatic nitrogens is 2. The number of halogens is 3. The Morgan fingerprint density at radius 2 is 1.83 bits per heavy atom. The van der Waals surface area contributed by atoms with Crippen LogP contribution >= 0.6 is 12.2 Å². The molecule has 0 saturated carbocycles. The molecule has 1 saturated heterocycles. The summed E-state index contributed by atoms with van der Waals surface area (Å²) in [6, 6.07) is 3.32. The average molecular weight is 433 g/mol. The summed E-state index contributed by atoms with van der Waals surface area (Å²) in [7, 11) is 4.47. The third-order valence-corrected chi connectivity index (χ3v) is 5.11. The Balaban J connectivity index is 1.85. The molecule has 1 aromatic carbocycles. The van der Waals surface area contributed by atoms with Gasteiger partial charge in [-0.2, -0.15) is 13.2 Å². The van der Waals surface area contributed by atoms with E-state index in [2.05, 4.69) is 5.10 Å². The molecule has 1 unspecified atom stereocenters. The van der Waals surface area contributed by atoms with Crippen LogP contribution in [0.1, 0.15) is 12.8 Å². The van der Waals surface area contributed by atoms with Gasteiger partial charge in [-0.05, 0) is 43.7 Å². The average Bonchev–Trinajstić information content (AvgIpc) is 3.06. The van der Waals surface area contributed by atoms with Gasteiger partial charge in [0, 0.05) is 12.1 Å². The zero-order valence-corrected chi connectivity index (χ0v) is 17.1. The summed E-state index contributed by atoms with van der Waals surface area (Å²) in [5, 5.41) is 4.34. The fourth-order valence-corrected chi connectivity index (χ4v) is 3.53. The van der Waals surface area contributed by atoms with Gasteiger partial charge in [-0.1, -0.05) is 0 Å². The van der Waals surface area contributed by atoms with Gasteiger partial charge in [-0.15, -0.1) is 5.10 Å². The van der Waals surface area contributed by atoms with Crippen LogP contribution in [0.5, 0.6) is 17.2 Å². The Labute approximate surface area is 170 Å². The molecule has 7 nitrogen and oxygen atoms in total. The van der Waals surface area contributed by atoms with Gasteiger partial charge in [0.25, 0.3) is 4.84 Å². The first-order chi connectivity index (χ1) is 13.8. The molecule has 0 spiro atoms. The van der Waals surface area contributed by atoms with Crippen molar-refractivity contribution in [3.8, 4) is 28.7 Å². The number of rotatable bonds is 6. The molecule has 0 aliphatic carbocycles. The maximum absolute atomic E-state index is 13.0. The second-order valence-electron chi connectivity index (χ2n) is 6.69. The fourth-order valence-electron chi connectivity index (χ4n) is 3.36. The zero-order valence-electron chi connectivity index (χ0n) is 16.3. The van der Waals surface area contributed by atoms with Crippen molar-refractivity contribution in [2.24, 2.45) is 5.92 Å². The molecule has 1 atom stereocenters. The molecule has 1 aliphatic rings. The van der Waals surface area contributed by atoms with E-state index in [1.165, 1.54) is 26.0 Å². The number of hydrogen-bond donors (Lipinski definition) is 0. The molecule has 0 radical (unpaired) electrons. The minimum atomic E-state index is -4.20. The number of piperidine rings is 1.